The van der Waals surface area contributed by atoms with Gasteiger partial charge < -0.3 is 10.1 Å². The molecule has 0 spiro atoms. The highest BCUT2D eigenvalue weighted by molar-refractivity contribution is 5.89. The lowest BCUT2D eigenvalue weighted by atomic mass is 9.93. The fraction of sp³-hybridized carbons (Fsp3) is 0.263. The SMILES string of the molecule is FC(F)c1nc(NCC2CCOc3ccccc32)c2ccccc2n1. The van der Waals surface area contributed by atoms with Crippen molar-refractivity contribution in [3.8, 4) is 5.75 Å². The summed E-state index contributed by atoms with van der Waals surface area (Å²) in [5, 5.41) is 4.00. The summed E-state index contributed by atoms with van der Waals surface area (Å²) in [6, 6.07) is 15.1. The fourth-order valence-electron chi connectivity index (χ4n) is 3.17. The summed E-state index contributed by atoms with van der Waals surface area (Å²) in [7, 11) is 0. The van der Waals surface area contributed by atoms with Crippen molar-refractivity contribution in [3.63, 3.8) is 0 Å². The highest BCUT2D eigenvalue weighted by Gasteiger charge is 2.22. The second kappa shape index (κ2) is 6.63. The van der Waals surface area contributed by atoms with Crippen molar-refractivity contribution in [3.05, 3.63) is 59.9 Å². The van der Waals surface area contributed by atoms with Gasteiger partial charge in [0.2, 0.25) is 0 Å². The number of nitrogens with zero attached hydrogens (tertiary/aromatic N) is 2. The van der Waals surface area contributed by atoms with Gasteiger partial charge in [-0.15, -0.1) is 0 Å². The van der Waals surface area contributed by atoms with Crippen LogP contribution in [0, 0.1) is 0 Å². The number of benzene rings is 2. The Morgan fingerprint density at radius 1 is 1.08 bits per heavy atom. The van der Waals surface area contributed by atoms with E-state index in [1.807, 2.05) is 36.4 Å². The Morgan fingerprint density at radius 3 is 2.76 bits per heavy atom. The maximum absolute atomic E-state index is 13.1. The number of fused-ring (bicyclic) bond motifs is 2. The van der Waals surface area contributed by atoms with E-state index >= 15 is 0 Å². The zero-order valence-corrected chi connectivity index (χ0v) is 13.5. The molecule has 0 amide bonds. The van der Waals surface area contributed by atoms with Crippen molar-refractivity contribution in [2.45, 2.75) is 18.8 Å². The normalized spacial score (nSPS) is 16.5. The Balaban J connectivity index is 1.63. The van der Waals surface area contributed by atoms with Crippen LogP contribution in [0.2, 0.25) is 0 Å². The van der Waals surface area contributed by atoms with Crippen molar-refractivity contribution in [1.82, 2.24) is 9.97 Å². The molecule has 1 aliphatic rings. The standard InChI is InChI=1S/C19H17F2N3O/c20-17(21)19-23-15-7-3-1-6-14(15)18(24-19)22-11-12-9-10-25-16-8-4-2-5-13(12)16/h1-8,12,17H,9-11H2,(H,22,23,24). The number of alkyl halides is 2. The van der Waals surface area contributed by atoms with Crippen molar-refractivity contribution < 1.29 is 13.5 Å². The monoisotopic (exact) mass is 341 g/mol. The molecule has 0 aliphatic carbocycles. The molecule has 4 rings (SSSR count). The number of hydrogen-bond acceptors (Lipinski definition) is 4. The third kappa shape index (κ3) is 3.12. The van der Waals surface area contributed by atoms with E-state index in [0.717, 1.165) is 23.1 Å². The summed E-state index contributed by atoms with van der Waals surface area (Å²) in [6.07, 6.45) is -1.83. The first-order valence-corrected chi connectivity index (χ1v) is 8.23. The van der Waals surface area contributed by atoms with Crippen molar-refractivity contribution in [1.29, 1.82) is 0 Å². The number of anilines is 1. The predicted molar refractivity (Wildman–Crippen MR) is 92.3 cm³/mol. The third-order valence-electron chi connectivity index (χ3n) is 4.41. The highest BCUT2D eigenvalue weighted by atomic mass is 19.3. The van der Waals surface area contributed by atoms with Crippen LogP contribution in [-0.4, -0.2) is 23.1 Å². The number of hydrogen-bond donors (Lipinski definition) is 1. The molecule has 25 heavy (non-hydrogen) atoms. The smallest absolute Gasteiger partial charge is 0.297 e. The topological polar surface area (TPSA) is 47.0 Å². The van der Waals surface area contributed by atoms with E-state index in [2.05, 4.69) is 15.3 Å². The molecule has 0 radical (unpaired) electrons. The summed E-state index contributed by atoms with van der Waals surface area (Å²) in [6.45, 7) is 1.25. The lowest BCUT2D eigenvalue weighted by molar-refractivity contribution is 0.141. The number of halogens is 2. The van der Waals surface area contributed by atoms with Gasteiger partial charge >= 0.3 is 0 Å². The number of rotatable bonds is 4. The zero-order chi connectivity index (χ0) is 17.2. The van der Waals surface area contributed by atoms with Crippen LogP contribution < -0.4 is 10.1 Å². The first kappa shape index (κ1) is 15.7. The molecule has 128 valence electrons. The maximum Gasteiger partial charge on any atom is 0.297 e. The average Bonchev–Trinajstić information content (AvgIpc) is 2.65. The number of aromatic nitrogens is 2. The molecular weight excluding hydrogens is 324 g/mol. The summed E-state index contributed by atoms with van der Waals surface area (Å²) < 4.78 is 31.9. The van der Waals surface area contributed by atoms with Crippen LogP contribution in [0.5, 0.6) is 5.75 Å². The van der Waals surface area contributed by atoms with E-state index < -0.39 is 12.2 Å². The third-order valence-corrected chi connectivity index (χ3v) is 4.41. The van der Waals surface area contributed by atoms with Gasteiger partial charge in [0.25, 0.3) is 6.43 Å². The molecule has 1 N–H and O–H groups in total. The Kier molecular flexibility index (Phi) is 4.17. The average molecular weight is 341 g/mol. The molecule has 0 saturated heterocycles. The van der Waals surface area contributed by atoms with Crippen LogP contribution in [0.4, 0.5) is 14.6 Å². The van der Waals surface area contributed by atoms with Gasteiger partial charge in [0, 0.05) is 17.8 Å². The van der Waals surface area contributed by atoms with Crippen LogP contribution in [0.25, 0.3) is 10.9 Å². The molecule has 0 fully saturated rings. The van der Waals surface area contributed by atoms with Gasteiger partial charge in [-0.3, -0.25) is 0 Å². The van der Waals surface area contributed by atoms with E-state index in [9.17, 15) is 8.78 Å². The lowest BCUT2D eigenvalue weighted by Crippen LogP contribution is -2.21. The second-order valence-corrected chi connectivity index (χ2v) is 6.00. The van der Waals surface area contributed by atoms with Crippen LogP contribution in [-0.2, 0) is 0 Å². The van der Waals surface area contributed by atoms with Gasteiger partial charge in [0.1, 0.15) is 11.6 Å². The van der Waals surface area contributed by atoms with E-state index in [-0.39, 0.29) is 5.92 Å². The Labute approximate surface area is 143 Å². The minimum absolute atomic E-state index is 0.244. The van der Waals surface area contributed by atoms with Gasteiger partial charge in [-0.25, -0.2) is 18.7 Å². The molecule has 2 heterocycles. The Morgan fingerprint density at radius 2 is 1.88 bits per heavy atom. The molecule has 1 aliphatic heterocycles. The van der Waals surface area contributed by atoms with E-state index in [1.165, 1.54) is 0 Å². The highest BCUT2D eigenvalue weighted by Crippen LogP contribution is 2.34. The van der Waals surface area contributed by atoms with Gasteiger partial charge in [-0.1, -0.05) is 30.3 Å². The van der Waals surface area contributed by atoms with Gasteiger partial charge in [0.05, 0.1) is 12.1 Å². The van der Waals surface area contributed by atoms with Crippen LogP contribution >= 0.6 is 0 Å². The molecule has 4 nitrogen and oxygen atoms in total. The van der Waals surface area contributed by atoms with Crippen molar-refractivity contribution >= 4 is 16.7 Å². The van der Waals surface area contributed by atoms with E-state index in [1.54, 1.807) is 12.1 Å². The molecule has 1 aromatic heterocycles. The fourth-order valence-corrected chi connectivity index (χ4v) is 3.17. The number of nitrogens with one attached hydrogen (secondary N) is 1. The minimum atomic E-state index is -2.70. The molecule has 0 bridgehead atoms. The summed E-state index contributed by atoms with van der Waals surface area (Å²) >= 11 is 0. The molecule has 1 unspecified atom stereocenters. The van der Waals surface area contributed by atoms with E-state index in [0.29, 0.717) is 24.5 Å². The molecule has 3 aromatic rings. The largest absolute Gasteiger partial charge is 0.493 e. The van der Waals surface area contributed by atoms with Crippen LogP contribution in [0.1, 0.15) is 30.2 Å². The van der Waals surface area contributed by atoms with Crippen LogP contribution in [0.3, 0.4) is 0 Å². The van der Waals surface area contributed by atoms with Crippen LogP contribution in [0.15, 0.2) is 48.5 Å². The van der Waals surface area contributed by atoms with Gasteiger partial charge in [0.15, 0.2) is 5.82 Å². The molecule has 6 heteroatoms. The van der Waals surface area contributed by atoms with Gasteiger partial charge in [-0.2, -0.15) is 0 Å². The Hall–Kier alpha value is -2.76. The molecule has 1 atom stereocenters. The van der Waals surface area contributed by atoms with Crippen molar-refractivity contribution in [2.24, 2.45) is 0 Å². The first-order chi connectivity index (χ1) is 12.2. The molecular formula is C19H17F2N3O. The maximum atomic E-state index is 13.1. The molecule has 0 saturated carbocycles. The Bertz CT molecular complexity index is 901. The van der Waals surface area contributed by atoms with Gasteiger partial charge in [-0.05, 0) is 30.2 Å². The summed E-state index contributed by atoms with van der Waals surface area (Å²) in [5.74, 6) is 1.13. The quantitative estimate of drug-likeness (QED) is 0.756. The number of para-hydroxylation sites is 2. The first-order valence-electron chi connectivity index (χ1n) is 8.23. The van der Waals surface area contributed by atoms with Crippen molar-refractivity contribution in [2.75, 3.05) is 18.5 Å². The summed E-state index contributed by atoms with van der Waals surface area (Å²) in [4.78, 5) is 7.98. The molecule has 2 aromatic carbocycles. The summed E-state index contributed by atoms with van der Waals surface area (Å²) in [5.41, 5.74) is 1.65. The number of ether oxygens (including phenoxy) is 1. The minimum Gasteiger partial charge on any atom is -0.493 e. The predicted octanol–water partition coefficient (Wildman–Crippen LogP) is 4.55. The lowest BCUT2D eigenvalue weighted by Gasteiger charge is -2.26. The van der Waals surface area contributed by atoms with E-state index in [4.69, 9.17) is 4.74 Å². The second-order valence-electron chi connectivity index (χ2n) is 6.00. The zero-order valence-electron chi connectivity index (χ0n) is 13.5.